The molecule has 0 saturated heterocycles. The number of hydrogen-bond acceptors (Lipinski definition) is 3. The third-order valence-electron chi connectivity index (χ3n) is 13.4. The molecule has 0 aliphatic heterocycles. The van der Waals surface area contributed by atoms with E-state index in [1.54, 1.807) is 0 Å². The monoisotopic (exact) mass is 766 g/mol. The first-order chi connectivity index (χ1) is 28.0. The number of nitrogens with zero attached hydrogens (tertiary/aromatic N) is 2. The number of anilines is 6. The number of benzene rings is 7. The molecule has 2 nitrogen and oxygen atoms in total. The van der Waals surface area contributed by atoms with E-state index in [0.29, 0.717) is 0 Å². The van der Waals surface area contributed by atoms with E-state index < -0.39 is 0 Å². The minimum absolute atomic E-state index is 0.0780. The molecule has 0 fully saturated rings. The van der Waals surface area contributed by atoms with Crippen LogP contribution in [0.4, 0.5) is 34.1 Å². The van der Waals surface area contributed by atoms with Crippen LogP contribution in [0.1, 0.15) is 74.9 Å². The summed E-state index contributed by atoms with van der Waals surface area (Å²) in [6.45, 7) is 14.5. The summed E-state index contributed by atoms with van der Waals surface area (Å²) in [4.78, 5) is 7.70. The summed E-state index contributed by atoms with van der Waals surface area (Å²) in [6, 6.07) is 62.8. The van der Waals surface area contributed by atoms with Crippen molar-refractivity contribution in [3.63, 3.8) is 0 Å². The Balaban J connectivity index is 1.01. The number of fused-ring (bicyclic) bond motifs is 10. The zero-order valence-electron chi connectivity index (χ0n) is 34.0. The van der Waals surface area contributed by atoms with Crippen molar-refractivity contribution in [2.24, 2.45) is 0 Å². The molecule has 3 aliphatic carbocycles. The van der Waals surface area contributed by atoms with Gasteiger partial charge in [-0.05, 0) is 128 Å². The largest absolute Gasteiger partial charge is 0.310 e. The van der Waals surface area contributed by atoms with Crippen LogP contribution in [0, 0.1) is 0 Å². The van der Waals surface area contributed by atoms with E-state index in [0.717, 1.165) is 17.1 Å². The van der Waals surface area contributed by atoms with E-state index in [4.69, 9.17) is 0 Å². The van der Waals surface area contributed by atoms with E-state index in [2.05, 4.69) is 221 Å². The zero-order valence-corrected chi connectivity index (χ0v) is 34.8. The quantitative estimate of drug-likeness (QED) is 0.166. The SMILES string of the molecule is CC1(C)c2ccccc2-c2ccc(N(c3ccccc3)c3ccc4c(c3)C(C)(C)c3c-4sc4c3C(C)(C)c3cc(N(c5ccccc5)c5ccccc5)ccc3-4)cc21. The lowest BCUT2D eigenvalue weighted by Crippen LogP contribution is -2.23. The molecule has 3 heteroatoms. The van der Waals surface area contributed by atoms with E-state index in [1.807, 2.05) is 11.3 Å². The summed E-state index contributed by atoms with van der Waals surface area (Å²) >= 11 is 2.00. The Morgan fingerprint density at radius 1 is 0.310 bits per heavy atom. The van der Waals surface area contributed by atoms with Gasteiger partial charge in [0.25, 0.3) is 0 Å². The Kier molecular flexibility index (Phi) is 7.50. The van der Waals surface area contributed by atoms with Crippen LogP contribution in [0.2, 0.25) is 0 Å². The molecule has 3 aliphatic rings. The van der Waals surface area contributed by atoms with Crippen LogP contribution in [0.5, 0.6) is 0 Å². The first kappa shape index (κ1) is 35.0. The van der Waals surface area contributed by atoms with Gasteiger partial charge >= 0.3 is 0 Å². The van der Waals surface area contributed by atoms with Crippen LogP contribution in [0.3, 0.4) is 0 Å². The van der Waals surface area contributed by atoms with Crippen LogP contribution < -0.4 is 9.80 Å². The summed E-state index contributed by atoms with van der Waals surface area (Å²) in [5.41, 5.74) is 20.6. The van der Waals surface area contributed by atoms with Gasteiger partial charge in [0.15, 0.2) is 0 Å². The highest BCUT2D eigenvalue weighted by molar-refractivity contribution is 7.19. The second-order valence-corrected chi connectivity index (χ2v) is 18.8. The lowest BCUT2D eigenvalue weighted by molar-refractivity contribution is 0.603. The third kappa shape index (κ3) is 4.90. The molecule has 7 aromatic carbocycles. The van der Waals surface area contributed by atoms with Crippen molar-refractivity contribution in [1.82, 2.24) is 0 Å². The standard InChI is InChI=1S/C55H46N2S/c1-53(2)45-25-17-16-24-41(45)42-29-26-39(32-46(42)53)57(37-22-14-9-15-23-37)40-28-31-44-48(34-40)55(5,6)50-49-51(58-52(44)50)43-30-27-38(33-47(43)54(49,3)4)56(35-18-10-7-11-19-35)36-20-12-8-13-21-36/h7-34H,1-6H3. The van der Waals surface area contributed by atoms with Crippen molar-refractivity contribution in [1.29, 1.82) is 0 Å². The van der Waals surface area contributed by atoms with E-state index in [-0.39, 0.29) is 16.2 Å². The average molecular weight is 767 g/mol. The minimum Gasteiger partial charge on any atom is -0.310 e. The molecule has 0 atom stereocenters. The number of rotatable bonds is 6. The number of thiophene rings is 1. The third-order valence-corrected chi connectivity index (χ3v) is 14.6. The van der Waals surface area contributed by atoms with Crippen molar-refractivity contribution in [3.8, 4) is 32.0 Å². The fraction of sp³-hybridized carbons (Fsp3) is 0.164. The zero-order chi connectivity index (χ0) is 39.6. The molecule has 0 N–H and O–H groups in total. The van der Waals surface area contributed by atoms with Gasteiger partial charge in [0, 0.05) is 60.1 Å². The average Bonchev–Trinajstić information content (AvgIpc) is 3.89. The molecule has 0 radical (unpaired) electrons. The topological polar surface area (TPSA) is 6.48 Å². The Bertz CT molecular complexity index is 2880. The molecule has 58 heavy (non-hydrogen) atoms. The number of hydrogen-bond donors (Lipinski definition) is 0. The molecule has 1 heterocycles. The summed E-state index contributed by atoms with van der Waals surface area (Å²) in [7, 11) is 0. The highest BCUT2D eigenvalue weighted by Gasteiger charge is 2.48. The van der Waals surface area contributed by atoms with E-state index in [9.17, 15) is 0 Å². The van der Waals surface area contributed by atoms with Gasteiger partial charge in [0.1, 0.15) is 0 Å². The molecule has 11 rings (SSSR count). The van der Waals surface area contributed by atoms with Crippen LogP contribution in [0.15, 0.2) is 170 Å². The summed E-state index contributed by atoms with van der Waals surface area (Å²) in [6.07, 6.45) is 0. The Hall–Kier alpha value is -6.16. The normalized spacial score (nSPS) is 15.5. The predicted molar refractivity (Wildman–Crippen MR) is 246 cm³/mol. The second kappa shape index (κ2) is 12.4. The van der Waals surface area contributed by atoms with Crippen molar-refractivity contribution in [2.75, 3.05) is 9.80 Å². The van der Waals surface area contributed by atoms with E-state index in [1.165, 1.54) is 82.5 Å². The molecule has 282 valence electrons. The summed E-state index contributed by atoms with van der Waals surface area (Å²) in [5.74, 6) is 0. The van der Waals surface area contributed by atoms with Crippen molar-refractivity contribution in [2.45, 2.75) is 57.8 Å². The van der Waals surface area contributed by atoms with Gasteiger partial charge in [-0.25, -0.2) is 0 Å². The van der Waals surface area contributed by atoms with Gasteiger partial charge < -0.3 is 9.80 Å². The van der Waals surface area contributed by atoms with Crippen LogP contribution in [-0.4, -0.2) is 0 Å². The molecule has 0 spiro atoms. The Morgan fingerprint density at radius 3 is 1.10 bits per heavy atom. The van der Waals surface area contributed by atoms with Gasteiger partial charge in [-0.1, -0.05) is 139 Å². The maximum atomic E-state index is 2.49. The highest BCUT2D eigenvalue weighted by Crippen LogP contribution is 2.64. The molecule has 0 unspecified atom stereocenters. The molecule has 0 bridgehead atoms. The van der Waals surface area contributed by atoms with Crippen LogP contribution >= 0.6 is 11.3 Å². The minimum atomic E-state index is -0.184. The second-order valence-electron chi connectivity index (χ2n) is 17.8. The smallest absolute Gasteiger partial charge is 0.0465 e. The maximum Gasteiger partial charge on any atom is 0.0465 e. The fourth-order valence-electron chi connectivity index (χ4n) is 10.5. The lowest BCUT2D eigenvalue weighted by atomic mass is 9.74. The van der Waals surface area contributed by atoms with Gasteiger partial charge in [-0.2, -0.15) is 0 Å². The van der Waals surface area contributed by atoms with Crippen molar-refractivity contribution in [3.05, 3.63) is 203 Å². The van der Waals surface area contributed by atoms with Crippen molar-refractivity contribution < 1.29 is 0 Å². The molecule has 0 saturated carbocycles. The Morgan fingerprint density at radius 2 is 0.655 bits per heavy atom. The molecular formula is C55H46N2S. The number of para-hydroxylation sites is 3. The molecule has 1 aromatic heterocycles. The summed E-state index contributed by atoms with van der Waals surface area (Å²) in [5, 5.41) is 0. The van der Waals surface area contributed by atoms with Gasteiger partial charge in [0.05, 0.1) is 0 Å². The summed E-state index contributed by atoms with van der Waals surface area (Å²) < 4.78 is 0. The van der Waals surface area contributed by atoms with E-state index >= 15 is 0 Å². The van der Waals surface area contributed by atoms with Gasteiger partial charge in [0.2, 0.25) is 0 Å². The first-order valence-electron chi connectivity index (χ1n) is 20.5. The molecule has 8 aromatic rings. The predicted octanol–water partition coefficient (Wildman–Crippen LogP) is 15.6. The molecular weight excluding hydrogens is 721 g/mol. The van der Waals surface area contributed by atoms with Crippen molar-refractivity contribution >= 4 is 45.5 Å². The first-order valence-corrected chi connectivity index (χ1v) is 21.3. The van der Waals surface area contributed by atoms with Gasteiger partial charge in [-0.3, -0.25) is 0 Å². The lowest BCUT2D eigenvalue weighted by Gasteiger charge is -2.31. The fourth-order valence-corrected chi connectivity index (χ4v) is 12.2. The maximum absolute atomic E-state index is 2.49. The highest BCUT2D eigenvalue weighted by atomic mass is 32.1. The van der Waals surface area contributed by atoms with Crippen LogP contribution in [0.25, 0.3) is 32.0 Å². The molecule has 0 amide bonds. The van der Waals surface area contributed by atoms with Gasteiger partial charge in [-0.15, -0.1) is 11.3 Å². The Labute approximate surface area is 346 Å². The van der Waals surface area contributed by atoms with Crippen LogP contribution in [-0.2, 0) is 16.2 Å².